The number of rotatable bonds is 4. The Morgan fingerprint density at radius 2 is 1.88 bits per heavy atom. The average Bonchev–Trinajstić information content (AvgIpc) is 3.00. The van der Waals surface area contributed by atoms with E-state index in [-0.39, 0.29) is 17.1 Å². The molecular weight excluding hydrogens is 370 g/mol. The number of benzene rings is 1. The Labute approximate surface area is 149 Å². The van der Waals surface area contributed by atoms with Crippen LogP contribution in [-0.4, -0.2) is 43.0 Å². The number of carboxylic acid groups (broad SMARTS) is 1. The molecule has 0 amide bonds. The minimum Gasteiger partial charge on any atom is -0.477 e. The van der Waals surface area contributed by atoms with Crippen molar-refractivity contribution in [1.82, 2.24) is 5.16 Å². The topological polar surface area (TPSA) is 127 Å². The number of piperidine rings is 1. The number of carbonyl (C=O) groups is 1. The molecule has 0 atom stereocenters. The van der Waals surface area contributed by atoms with Crippen molar-refractivity contribution in [2.75, 3.05) is 18.0 Å². The van der Waals surface area contributed by atoms with Crippen molar-refractivity contribution in [2.45, 2.75) is 18.1 Å². The van der Waals surface area contributed by atoms with Crippen molar-refractivity contribution >= 4 is 33.4 Å². The van der Waals surface area contributed by atoms with Crippen LogP contribution < -0.4 is 10.0 Å². The number of hydrogen-bond donors (Lipinski definition) is 2. The number of carboxylic acids is 1. The third-order valence-electron chi connectivity index (χ3n) is 4.20. The van der Waals surface area contributed by atoms with Gasteiger partial charge in [-0.3, -0.25) is 0 Å². The second-order valence-electron chi connectivity index (χ2n) is 5.80. The maximum Gasteiger partial charge on any atom is 0.343 e. The normalized spacial score (nSPS) is 16.2. The van der Waals surface area contributed by atoms with Crippen LogP contribution in [0.5, 0.6) is 0 Å². The summed E-state index contributed by atoms with van der Waals surface area (Å²) in [5.74, 6) is -0.854. The molecule has 1 saturated heterocycles. The van der Waals surface area contributed by atoms with Crippen LogP contribution in [0, 0.1) is 0 Å². The fraction of sp³-hybridized carbons (Fsp3) is 0.333. The van der Waals surface area contributed by atoms with Crippen molar-refractivity contribution in [3.8, 4) is 11.3 Å². The first kappa shape index (κ1) is 17.7. The van der Waals surface area contributed by atoms with Crippen LogP contribution >= 0.6 is 11.6 Å². The second kappa shape index (κ2) is 6.66. The summed E-state index contributed by atoms with van der Waals surface area (Å²) in [5.41, 5.74) is 0.483. The van der Waals surface area contributed by atoms with Gasteiger partial charge >= 0.3 is 5.97 Å². The van der Waals surface area contributed by atoms with Gasteiger partial charge in [0.25, 0.3) is 0 Å². The summed E-state index contributed by atoms with van der Waals surface area (Å²) in [6, 6.07) is 6.54. The van der Waals surface area contributed by atoms with Gasteiger partial charge in [0.1, 0.15) is 0 Å². The molecule has 0 saturated carbocycles. The van der Waals surface area contributed by atoms with Gasteiger partial charge in [-0.2, -0.15) is 0 Å². The molecule has 0 aliphatic carbocycles. The molecule has 2 heterocycles. The largest absolute Gasteiger partial charge is 0.477 e. The predicted molar refractivity (Wildman–Crippen MR) is 92.3 cm³/mol. The molecule has 2 aromatic rings. The fourth-order valence-electron chi connectivity index (χ4n) is 2.88. The van der Waals surface area contributed by atoms with Crippen LogP contribution in [0.2, 0.25) is 5.02 Å². The number of primary sulfonamides is 1. The molecule has 134 valence electrons. The van der Waals surface area contributed by atoms with Crippen LogP contribution in [0.3, 0.4) is 0 Å². The maximum absolute atomic E-state index is 11.7. The molecule has 8 nitrogen and oxygen atoms in total. The van der Waals surface area contributed by atoms with Crippen LogP contribution in [-0.2, 0) is 10.0 Å². The summed E-state index contributed by atoms with van der Waals surface area (Å²) in [4.78, 5) is 13.4. The molecule has 25 heavy (non-hydrogen) atoms. The quantitative estimate of drug-likeness (QED) is 0.823. The van der Waals surface area contributed by atoms with Crippen molar-refractivity contribution in [2.24, 2.45) is 5.14 Å². The zero-order chi connectivity index (χ0) is 18.2. The summed E-state index contributed by atoms with van der Waals surface area (Å²) < 4.78 is 28.2. The van der Waals surface area contributed by atoms with Gasteiger partial charge in [-0.05, 0) is 37.1 Å². The highest BCUT2D eigenvalue weighted by Gasteiger charge is 2.32. The summed E-state index contributed by atoms with van der Waals surface area (Å²) in [6.45, 7) is 0.655. The highest BCUT2D eigenvalue weighted by atomic mass is 35.5. The van der Waals surface area contributed by atoms with Crippen LogP contribution in [0.4, 0.5) is 5.82 Å². The summed E-state index contributed by atoms with van der Waals surface area (Å²) >= 11 is 5.85. The zero-order valence-corrected chi connectivity index (χ0v) is 14.6. The number of halogens is 1. The number of aromatic nitrogens is 1. The summed E-state index contributed by atoms with van der Waals surface area (Å²) in [6.07, 6.45) is 0.613. The third-order valence-corrected chi connectivity index (χ3v) is 5.85. The molecule has 0 bridgehead atoms. The van der Waals surface area contributed by atoms with E-state index in [1.54, 1.807) is 29.2 Å². The summed E-state index contributed by atoms with van der Waals surface area (Å²) in [7, 11) is -3.60. The van der Waals surface area contributed by atoms with Crippen molar-refractivity contribution < 1.29 is 22.8 Å². The minimum atomic E-state index is -3.60. The minimum absolute atomic E-state index is 0.0589. The van der Waals surface area contributed by atoms with Gasteiger partial charge < -0.3 is 14.5 Å². The van der Waals surface area contributed by atoms with E-state index in [0.29, 0.717) is 36.5 Å². The molecule has 10 heteroatoms. The van der Waals surface area contributed by atoms with Crippen LogP contribution in [0.15, 0.2) is 28.8 Å². The summed E-state index contributed by atoms with van der Waals surface area (Å²) in [5, 5.41) is 18.6. The number of anilines is 1. The van der Waals surface area contributed by atoms with E-state index < -0.39 is 21.2 Å². The van der Waals surface area contributed by atoms with E-state index in [0.717, 1.165) is 0 Å². The predicted octanol–water partition coefficient (Wildman–Crippen LogP) is 1.95. The number of sulfonamides is 1. The zero-order valence-electron chi connectivity index (χ0n) is 13.1. The van der Waals surface area contributed by atoms with Crippen LogP contribution in [0.25, 0.3) is 11.3 Å². The SMILES string of the molecule is NS(=O)(=O)C1CCN(c2noc(-c3ccc(Cl)cc3)c2C(=O)O)CC1. The van der Waals surface area contributed by atoms with Crippen molar-refractivity contribution in [3.05, 3.63) is 34.9 Å². The molecular formula is C15H16ClN3O5S. The molecule has 1 aromatic heterocycles. The van der Waals surface area contributed by atoms with E-state index in [1.165, 1.54) is 0 Å². The molecule has 0 spiro atoms. The maximum atomic E-state index is 11.7. The van der Waals surface area contributed by atoms with E-state index in [2.05, 4.69) is 5.16 Å². The van der Waals surface area contributed by atoms with E-state index in [1.807, 2.05) is 0 Å². The molecule has 3 rings (SSSR count). The highest BCUT2D eigenvalue weighted by Crippen LogP contribution is 2.33. The number of aromatic carboxylic acids is 1. The Bertz CT molecular complexity index is 886. The Hall–Kier alpha value is -2.10. The molecule has 1 fully saturated rings. The first-order chi connectivity index (χ1) is 11.8. The van der Waals surface area contributed by atoms with Crippen LogP contribution in [0.1, 0.15) is 23.2 Å². The van der Waals surface area contributed by atoms with Gasteiger partial charge in [0.05, 0.1) is 5.25 Å². The molecule has 1 aliphatic rings. The first-order valence-corrected chi connectivity index (χ1v) is 9.51. The average molecular weight is 386 g/mol. The lowest BCUT2D eigenvalue weighted by molar-refractivity contribution is 0.0697. The Kier molecular flexibility index (Phi) is 4.72. The van der Waals surface area contributed by atoms with E-state index in [9.17, 15) is 18.3 Å². The lowest BCUT2D eigenvalue weighted by Crippen LogP contribution is -2.42. The number of nitrogens with two attached hydrogens (primary N) is 1. The molecule has 1 aromatic carbocycles. The Morgan fingerprint density at radius 3 is 2.40 bits per heavy atom. The Morgan fingerprint density at radius 1 is 1.28 bits per heavy atom. The monoisotopic (exact) mass is 385 g/mol. The number of nitrogens with zero attached hydrogens (tertiary/aromatic N) is 2. The number of hydrogen-bond acceptors (Lipinski definition) is 6. The third kappa shape index (κ3) is 3.63. The van der Waals surface area contributed by atoms with Crippen molar-refractivity contribution in [3.63, 3.8) is 0 Å². The molecule has 0 unspecified atom stereocenters. The fourth-order valence-corrected chi connectivity index (χ4v) is 3.88. The van der Waals surface area contributed by atoms with Gasteiger partial charge in [0.15, 0.2) is 17.1 Å². The molecule has 0 radical (unpaired) electrons. The van der Waals surface area contributed by atoms with E-state index in [4.69, 9.17) is 21.3 Å². The highest BCUT2D eigenvalue weighted by molar-refractivity contribution is 7.89. The van der Waals surface area contributed by atoms with Gasteiger partial charge in [-0.1, -0.05) is 16.8 Å². The molecule has 3 N–H and O–H groups in total. The van der Waals surface area contributed by atoms with Gasteiger partial charge in [-0.25, -0.2) is 18.4 Å². The Balaban J connectivity index is 1.91. The van der Waals surface area contributed by atoms with Gasteiger partial charge in [-0.15, -0.1) is 0 Å². The standard InChI is InChI=1S/C15H16ClN3O5S/c16-10-3-1-9(2-4-10)13-12(15(20)21)14(18-24-13)19-7-5-11(6-8-19)25(17,22)23/h1-4,11H,5-8H2,(H,20,21)(H2,17,22,23). The van der Waals surface area contributed by atoms with Gasteiger partial charge in [0, 0.05) is 23.7 Å². The lowest BCUT2D eigenvalue weighted by atomic mass is 10.1. The smallest absolute Gasteiger partial charge is 0.343 e. The lowest BCUT2D eigenvalue weighted by Gasteiger charge is -2.30. The van der Waals surface area contributed by atoms with E-state index >= 15 is 0 Å². The molecule has 1 aliphatic heterocycles. The second-order valence-corrected chi connectivity index (χ2v) is 8.08. The van der Waals surface area contributed by atoms with Crippen molar-refractivity contribution in [1.29, 1.82) is 0 Å². The first-order valence-electron chi connectivity index (χ1n) is 7.53. The van der Waals surface area contributed by atoms with Gasteiger partial charge in [0.2, 0.25) is 10.0 Å².